The van der Waals surface area contributed by atoms with Crippen LogP contribution in [0.4, 0.5) is 17.6 Å². The molecule has 0 bridgehead atoms. The molecule has 1 aromatic heterocycles. The van der Waals surface area contributed by atoms with Gasteiger partial charge in [0.05, 0.1) is 6.42 Å². The number of nitrogens with two attached hydrogens (primary N) is 1. The van der Waals surface area contributed by atoms with Crippen LogP contribution < -0.4 is 5.73 Å². The number of aromatic nitrogens is 2. The van der Waals surface area contributed by atoms with Gasteiger partial charge in [-0.25, -0.2) is 9.97 Å². The molecule has 0 saturated heterocycles. The third-order valence-corrected chi connectivity index (χ3v) is 1.43. The number of carbonyl (C=O) groups is 1. The molecule has 4 nitrogen and oxygen atoms in total. The highest BCUT2D eigenvalue weighted by Crippen LogP contribution is 2.29. The van der Waals surface area contributed by atoms with Gasteiger partial charge in [-0.3, -0.25) is 4.79 Å². The molecule has 0 spiro atoms. The smallest absolute Gasteiger partial charge is 0.369 e. The summed E-state index contributed by atoms with van der Waals surface area (Å²) in [6.45, 7) is 0. The third kappa shape index (κ3) is 2.86. The molecule has 0 aromatic carbocycles. The van der Waals surface area contributed by atoms with Crippen molar-refractivity contribution in [2.24, 2.45) is 5.73 Å². The first kappa shape index (κ1) is 11.3. The van der Waals surface area contributed by atoms with E-state index >= 15 is 0 Å². The summed E-state index contributed by atoms with van der Waals surface area (Å²) in [6, 6.07) is 0. The maximum absolute atomic E-state index is 12.8. The molecule has 82 valence electrons. The van der Waals surface area contributed by atoms with Crippen molar-refractivity contribution in [3.05, 3.63) is 23.5 Å². The maximum Gasteiger partial charge on any atom is 0.422 e. The van der Waals surface area contributed by atoms with E-state index in [1.165, 1.54) is 0 Å². The second-order valence-corrected chi connectivity index (χ2v) is 2.63. The van der Waals surface area contributed by atoms with Crippen molar-refractivity contribution < 1.29 is 22.4 Å². The zero-order chi connectivity index (χ0) is 11.6. The van der Waals surface area contributed by atoms with Crippen LogP contribution in [0, 0.1) is 5.95 Å². The average molecular weight is 223 g/mol. The fourth-order valence-electron chi connectivity index (χ4n) is 0.826. The van der Waals surface area contributed by atoms with Crippen molar-refractivity contribution in [3.8, 4) is 0 Å². The number of carbonyl (C=O) groups excluding carboxylic acids is 1. The van der Waals surface area contributed by atoms with Gasteiger partial charge >= 0.3 is 6.18 Å². The minimum atomic E-state index is -4.85. The van der Waals surface area contributed by atoms with E-state index in [2.05, 4.69) is 9.97 Å². The Hall–Kier alpha value is -1.73. The number of amides is 1. The lowest BCUT2D eigenvalue weighted by Gasteiger charge is -2.06. The fourth-order valence-corrected chi connectivity index (χ4v) is 0.826. The molecule has 1 aromatic rings. The molecule has 2 N–H and O–H groups in total. The van der Waals surface area contributed by atoms with Crippen molar-refractivity contribution in [2.45, 2.75) is 12.6 Å². The van der Waals surface area contributed by atoms with Gasteiger partial charge in [-0.1, -0.05) is 0 Å². The van der Waals surface area contributed by atoms with Crippen LogP contribution in [0.1, 0.15) is 11.4 Å². The first-order valence-corrected chi connectivity index (χ1v) is 3.67. The molecule has 0 unspecified atom stereocenters. The van der Waals surface area contributed by atoms with E-state index < -0.39 is 30.0 Å². The van der Waals surface area contributed by atoms with Gasteiger partial charge in [-0.15, -0.1) is 0 Å². The molecular weight excluding hydrogens is 218 g/mol. The maximum atomic E-state index is 12.8. The van der Waals surface area contributed by atoms with Crippen LogP contribution >= 0.6 is 0 Å². The Morgan fingerprint density at radius 2 is 2.07 bits per heavy atom. The van der Waals surface area contributed by atoms with Gasteiger partial charge in [-0.2, -0.15) is 17.6 Å². The molecule has 0 aliphatic heterocycles. The Morgan fingerprint density at radius 1 is 1.47 bits per heavy atom. The molecule has 1 rings (SSSR count). The van der Waals surface area contributed by atoms with Gasteiger partial charge < -0.3 is 5.73 Å². The lowest BCUT2D eigenvalue weighted by Crippen LogP contribution is -2.18. The quantitative estimate of drug-likeness (QED) is 0.591. The predicted octanol–water partition coefficient (Wildman–Crippen LogP) is 0.662. The second-order valence-electron chi connectivity index (χ2n) is 2.63. The zero-order valence-corrected chi connectivity index (χ0v) is 7.18. The van der Waals surface area contributed by atoms with Crippen molar-refractivity contribution >= 4 is 5.91 Å². The summed E-state index contributed by atoms with van der Waals surface area (Å²) in [4.78, 5) is 16.4. The minimum Gasteiger partial charge on any atom is -0.369 e. The van der Waals surface area contributed by atoms with Crippen molar-refractivity contribution in [2.75, 3.05) is 0 Å². The van der Waals surface area contributed by atoms with E-state index in [0.29, 0.717) is 0 Å². The van der Waals surface area contributed by atoms with E-state index in [9.17, 15) is 22.4 Å². The summed E-state index contributed by atoms with van der Waals surface area (Å²) in [7, 11) is 0. The lowest BCUT2D eigenvalue weighted by atomic mass is 10.3. The standard InChI is InChI=1S/C7H5F4N3O/c8-6-3(7(9,10)11)2-13-5(14-6)1-4(12)15/h2H,1H2,(H2,12,15). The summed E-state index contributed by atoms with van der Waals surface area (Å²) in [6.07, 6.45) is -5.08. The molecular formula is C7H5F4N3O. The highest BCUT2D eigenvalue weighted by Gasteiger charge is 2.35. The van der Waals surface area contributed by atoms with Gasteiger partial charge in [0, 0.05) is 6.20 Å². The summed E-state index contributed by atoms with van der Waals surface area (Å²) in [5.74, 6) is -2.95. The van der Waals surface area contributed by atoms with Crippen LogP contribution in [0.5, 0.6) is 0 Å². The number of rotatable bonds is 2. The highest BCUT2D eigenvalue weighted by molar-refractivity contribution is 5.75. The molecule has 1 amide bonds. The number of halogens is 4. The Labute approximate surface area is 81.1 Å². The summed E-state index contributed by atoms with van der Waals surface area (Å²) >= 11 is 0. The van der Waals surface area contributed by atoms with Crippen molar-refractivity contribution in [1.29, 1.82) is 0 Å². The largest absolute Gasteiger partial charge is 0.422 e. The normalized spacial score (nSPS) is 11.5. The SMILES string of the molecule is NC(=O)Cc1ncc(C(F)(F)F)c(F)n1. The molecule has 0 atom stereocenters. The third-order valence-electron chi connectivity index (χ3n) is 1.43. The Morgan fingerprint density at radius 3 is 2.47 bits per heavy atom. The number of hydrogen-bond acceptors (Lipinski definition) is 3. The van der Waals surface area contributed by atoms with E-state index in [1.54, 1.807) is 0 Å². The molecule has 1 heterocycles. The first-order valence-electron chi connectivity index (χ1n) is 3.67. The van der Waals surface area contributed by atoms with Crippen molar-refractivity contribution in [1.82, 2.24) is 9.97 Å². The molecule has 0 saturated carbocycles. The van der Waals surface area contributed by atoms with E-state index in [4.69, 9.17) is 5.73 Å². The van der Waals surface area contributed by atoms with E-state index in [0.717, 1.165) is 0 Å². The predicted molar refractivity (Wildman–Crippen MR) is 39.9 cm³/mol. The van der Waals surface area contributed by atoms with Gasteiger partial charge in [0.1, 0.15) is 11.4 Å². The molecule has 0 radical (unpaired) electrons. The van der Waals surface area contributed by atoms with Crippen LogP contribution in [0.3, 0.4) is 0 Å². The number of alkyl halides is 3. The van der Waals surface area contributed by atoms with Crippen LogP contribution in [0.2, 0.25) is 0 Å². The topological polar surface area (TPSA) is 68.9 Å². The van der Waals surface area contributed by atoms with Gasteiger partial charge in [-0.05, 0) is 0 Å². The van der Waals surface area contributed by atoms with Crippen LogP contribution in [0.25, 0.3) is 0 Å². The van der Waals surface area contributed by atoms with Crippen LogP contribution in [-0.2, 0) is 17.4 Å². The van der Waals surface area contributed by atoms with Crippen molar-refractivity contribution in [3.63, 3.8) is 0 Å². The Balaban J connectivity index is 3.04. The zero-order valence-electron chi connectivity index (χ0n) is 7.18. The monoisotopic (exact) mass is 223 g/mol. The van der Waals surface area contributed by atoms with E-state index in [-0.39, 0.29) is 12.0 Å². The summed E-state index contributed by atoms with van der Waals surface area (Å²) in [5.41, 5.74) is 3.16. The van der Waals surface area contributed by atoms with Gasteiger partial charge in [0.15, 0.2) is 0 Å². The van der Waals surface area contributed by atoms with Gasteiger partial charge in [0.25, 0.3) is 0 Å². The number of primary amides is 1. The number of nitrogens with zero attached hydrogens (tertiary/aromatic N) is 2. The van der Waals surface area contributed by atoms with Gasteiger partial charge in [0.2, 0.25) is 11.9 Å². The highest BCUT2D eigenvalue weighted by atomic mass is 19.4. The lowest BCUT2D eigenvalue weighted by molar-refractivity contribution is -0.140. The van der Waals surface area contributed by atoms with Crippen LogP contribution in [0.15, 0.2) is 6.20 Å². The molecule has 0 fully saturated rings. The minimum absolute atomic E-state index is 0.278. The Kier molecular flexibility index (Phi) is 2.87. The number of hydrogen-bond donors (Lipinski definition) is 1. The Bertz CT molecular complexity index is 390. The average Bonchev–Trinajstić information content (AvgIpc) is 1.99. The molecule has 0 aliphatic carbocycles. The first-order chi connectivity index (χ1) is 6.80. The summed E-state index contributed by atoms with van der Waals surface area (Å²) in [5, 5.41) is 0. The molecule has 15 heavy (non-hydrogen) atoms. The fraction of sp³-hybridized carbons (Fsp3) is 0.286. The summed E-state index contributed by atoms with van der Waals surface area (Å²) < 4.78 is 48.9. The second kappa shape index (κ2) is 3.79. The molecule has 8 heteroatoms. The van der Waals surface area contributed by atoms with Crippen LogP contribution in [-0.4, -0.2) is 15.9 Å². The van der Waals surface area contributed by atoms with E-state index in [1.807, 2.05) is 0 Å². The molecule has 0 aliphatic rings.